The molecule has 0 spiro atoms. The molecule has 8 nitrogen and oxygen atoms in total. The van der Waals surface area contributed by atoms with Gasteiger partial charge in [-0.2, -0.15) is 5.10 Å². The first-order valence-electron chi connectivity index (χ1n) is 10.5. The van der Waals surface area contributed by atoms with Gasteiger partial charge in [-0.25, -0.2) is 4.79 Å². The van der Waals surface area contributed by atoms with Crippen LogP contribution >= 0.6 is 0 Å². The first-order valence-corrected chi connectivity index (χ1v) is 10.5. The van der Waals surface area contributed by atoms with Crippen LogP contribution in [-0.4, -0.2) is 67.4 Å². The number of amides is 2. The van der Waals surface area contributed by atoms with Crippen molar-refractivity contribution in [3.05, 3.63) is 60.4 Å². The SMILES string of the molecule is COc1cccc(CN(CCCN(C)C)C(=O)Nc2ccc(-c3cn[nH]c3)cc2OC)c1. The van der Waals surface area contributed by atoms with E-state index in [1.807, 2.05) is 67.7 Å². The smallest absolute Gasteiger partial charge is 0.322 e. The van der Waals surface area contributed by atoms with E-state index < -0.39 is 0 Å². The summed E-state index contributed by atoms with van der Waals surface area (Å²) in [6, 6.07) is 13.3. The molecule has 0 saturated heterocycles. The van der Waals surface area contributed by atoms with Crippen molar-refractivity contribution in [3.8, 4) is 22.6 Å². The molecule has 32 heavy (non-hydrogen) atoms. The highest BCUT2D eigenvalue weighted by molar-refractivity contribution is 5.91. The summed E-state index contributed by atoms with van der Waals surface area (Å²) in [6.45, 7) is 1.99. The van der Waals surface area contributed by atoms with Gasteiger partial charge in [0.1, 0.15) is 11.5 Å². The van der Waals surface area contributed by atoms with Gasteiger partial charge in [0.25, 0.3) is 0 Å². The van der Waals surface area contributed by atoms with Gasteiger partial charge in [-0.05, 0) is 62.5 Å². The molecule has 170 valence electrons. The number of urea groups is 1. The van der Waals surface area contributed by atoms with Gasteiger partial charge in [-0.15, -0.1) is 0 Å². The number of ether oxygens (including phenoxy) is 2. The number of hydrogen-bond donors (Lipinski definition) is 2. The van der Waals surface area contributed by atoms with Crippen molar-refractivity contribution in [2.24, 2.45) is 0 Å². The summed E-state index contributed by atoms with van der Waals surface area (Å²) in [6.07, 6.45) is 4.42. The second kappa shape index (κ2) is 11.2. The number of benzene rings is 2. The number of methoxy groups -OCH3 is 2. The molecule has 3 rings (SSSR count). The van der Waals surface area contributed by atoms with Gasteiger partial charge in [0.05, 0.1) is 26.1 Å². The fourth-order valence-corrected chi connectivity index (χ4v) is 3.40. The van der Waals surface area contributed by atoms with Crippen LogP contribution < -0.4 is 14.8 Å². The maximum absolute atomic E-state index is 13.2. The molecule has 2 aromatic carbocycles. The molecule has 1 aromatic heterocycles. The van der Waals surface area contributed by atoms with Gasteiger partial charge >= 0.3 is 6.03 Å². The average Bonchev–Trinajstić information content (AvgIpc) is 3.33. The second-order valence-corrected chi connectivity index (χ2v) is 7.76. The number of hydrogen-bond acceptors (Lipinski definition) is 5. The Bertz CT molecular complexity index is 1000. The lowest BCUT2D eigenvalue weighted by Crippen LogP contribution is -2.36. The highest BCUT2D eigenvalue weighted by Gasteiger charge is 2.17. The Hall–Kier alpha value is -3.52. The summed E-state index contributed by atoms with van der Waals surface area (Å²) in [5, 5.41) is 9.81. The second-order valence-electron chi connectivity index (χ2n) is 7.76. The first kappa shape index (κ1) is 23.1. The molecule has 0 aliphatic heterocycles. The van der Waals surface area contributed by atoms with Crippen LogP contribution in [0.2, 0.25) is 0 Å². The third-order valence-electron chi connectivity index (χ3n) is 5.10. The quantitative estimate of drug-likeness (QED) is 0.499. The number of rotatable bonds is 10. The van der Waals surface area contributed by atoms with Crippen LogP contribution in [0.1, 0.15) is 12.0 Å². The van der Waals surface area contributed by atoms with Crippen LogP contribution in [0.3, 0.4) is 0 Å². The Morgan fingerprint density at radius 2 is 1.91 bits per heavy atom. The molecule has 3 aromatic rings. The normalized spacial score (nSPS) is 10.8. The maximum Gasteiger partial charge on any atom is 0.322 e. The van der Waals surface area contributed by atoms with Gasteiger partial charge in [-0.3, -0.25) is 5.10 Å². The van der Waals surface area contributed by atoms with Crippen LogP contribution in [-0.2, 0) is 6.54 Å². The molecule has 0 unspecified atom stereocenters. The standard InChI is InChI=1S/C24H31N5O3/c1-28(2)11-6-12-29(17-18-7-5-8-21(13-18)31-3)24(30)27-22-10-9-19(14-23(22)32-4)20-15-25-26-16-20/h5,7-10,13-16H,6,11-12,17H2,1-4H3,(H,25,26)(H,27,30). The zero-order valence-electron chi connectivity index (χ0n) is 19.1. The van der Waals surface area contributed by atoms with E-state index in [-0.39, 0.29) is 6.03 Å². The van der Waals surface area contributed by atoms with E-state index in [2.05, 4.69) is 20.4 Å². The van der Waals surface area contributed by atoms with Gasteiger partial charge in [0, 0.05) is 24.8 Å². The first-order chi connectivity index (χ1) is 15.5. The molecule has 0 aliphatic rings. The number of carbonyl (C=O) groups excluding carboxylic acids is 1. The minimum absolute atomic E-state index is 0.180. The molecule has 0 radical (unpaired) electrons. The Morgan fingerprint density at radius 3 is 2.59 bits per heavy atom. The van der Waals surface area contributed by atoms with Crippen molar-refractivity contribution in [1.82, 2.24) is 20.0 Å². The number of aromatic amines is 1. The van der Waals surface area contributed by atoms with Crippen molar-refractivity contribution in [3.63, 3.8) is 0 Å². The minimum atomic E-state index is -0.180. The number of nitrogens with one attached hydrogen (secondary N) is 2. The van der Waals surface area contributed by atoms with Gasteiger partial charge in [0.2, 0.25) is 0 Å². The molecular weight excluding hydrogens is 406 g/mol. The topological polar surface area (TPSA) is 82.7 Å². The molecule has 0 saturated carbocycles. The Balaban J connectivity index is 1.77. The van der Waals surface area contributed by atoms with Gasteiger partial charge < -0.3 is 24.6 Å². The molecule has 2 amide bonds. The Kier molecular flexibility index (Phi) is 8.10. The fourth-order valence-electron chi connectivity index (χ4n) is 3.40. The van der Waals surface area contributed by atoms with Crippen LogP contribution in [0.4, 0.5) is 10.5 Å². The summed E-state index contributed by atoms with van der Waals surface area (Å²) in [5.74, 6) is 1.36. The predicted molar refractivity (Wildman–Crippen MR) is 126 cm³/mol. The molecule has 8 heteroatoms. The number of anilines is 1. The summed E-state index contributed by atoms with van der Waals surface area (Å²) >= 11 is 0. The Morgan fingerprint density at radius 1 is 1.06 bits per heavy atom. The van der Waals surface area contributed by atoms with E-state index in [1.165, 1.54) is 0 Å². The summed E-state index contributed by atoms with van der Waals surface area (Å²) < 4.78 is 10.9. The predicted octanol–water partition coefficient (Wildman–Crippen LogP) is 4.08. The third-order valence-corrected chi connectivity index (χ3v) is 5.10. The minimum Gasteiger partial charge on any atom is -0.497 e. The lowest BCUT2D eigenvalue weighted by Gasteiger charge is -2.25. The molecule has 1 heterocycles. The van der Waals surface area contributed by atoms with Crippen molar-refractivity contribution in [2.45, 2.75) is 13.0 Å². The lowest BCUT2D eigenvalue weighted by atomic mass is 10.1. The number of H-pyrrole nitrogens is 1. The number of aromatic nitrogens is 2. The van der Waals surface area contributed by atoms with Gasteiger partial charge in [-0.1, -0.05) is 18.2 Å². The molecule has 0 fully saturated rings. The van der Waals surface area contributed by atoms with Crippen LogP contribution in [0, 0.1) is 0 Å². The maximum atomic E-state index is 13.2. The highest BCUT2D eigenvalue weighted by Crippen LogP contribution is 2.30. The van der Waals surface area contributed by atoms with E-state index in [0.29, 0.717) is 24.5 Å². The number of carbonyl (C=O) groups is 1. The van der Waals surface area contributed by atoms with E-state index in [9.17, 15) is 4.79 Å². The molecule has 0 aliphatic carbocycles. The molecule has 2 N–H and O–H groups in total. The van der Waals surface area contributed by atoms with Crippen molar-refractivity contribution in [1.29, 1.82) is 0 Å². The summed E-state index contributed by atoms with van der Waals surface area (Å²) in [4.78, 5) is 17.1. The van der Waals surface area contributed by atoms with Crippen LogP contribution in [0.25, 0.3) is 11.1 Å². The molecule has 0 bridgehead atoms. The van der Waals surface area contributed by atoms with Gasteiger partial charge in [0.15, 0.2) is 0 Å². The van der Waals surface area contributed by atoms with Crippen LogP contribution in [0.15, 0.2) is 54.9 Å². The largest absolute Gasteiger partial charge is 0.497 e. The third kappa shape index (κ3) is 6.24. The van der Waals surface area contributed by atoms with Crippen LogP contribution in [0.5, 0.6) is 11.5 Å². The van der Waals surface area contributed by atoms with Crippen molar-refractivity contribution >= 4 is 11.7 Å². The van der Waals surface area contributed by atoms with E-state index >= 15 is 0 Å². The van der Waals surface area contributed by atoms with E-state index in [1.54, 1.807) is 20.4 Å². The summed E-state index contributed by atoms with van der Waals surface area (Å²) in [5.41, 5.74) is 3.52. The zero-order valence-corrected chi connectivity index (χ0v) is 19.1. The fraction of sp³-hybridized carbons (Fsp3) is 0.333. The molecular formula is C24H31N5O3. The zero-order chi connectivity index (χ0) is 22.9. The average molecular weight is 438 g/mol. The molecule has 0 atom stereocenters. The van der Waals surface area contributed by atoms with E-state index in [0.717, 1.165) is 35.4 Å². The lowest BCUT2D eigenvalue weighted by molar-refractivity contribution is 0.205. The van der Waals surface area contributed by atoms with Crippen molar-refractivity contribution in [2.75, 3.05) is 46.7 Å². The number of nitrogens with zero attached hydrogens (tertiary/aromatic N) is 3. The highest BCUT2D eigenvalue weighted by atomic mass is 16.5. The summed E-state index contributed by atoms with van der Waals surface area (Å²) in [7, 11) is 7.28. The monoisotopic (exact) mass is 437 g/mol. The van der Waals surface area contributed by atoms with Crippen molar-refractivity contribution < 1.29 is 14.3 Å². The Labute approximate surface area is 189 Å². The van der Waals surface area contributed by atoms with E-state index in [4.69, 9.17) is 9.47 Å².